The molecule has 0 saturated carbocycles. The zero-order chi connectivity index (χ0) is 25.4. The number of amides is 1. The Bertz CT molecular complexity index is 1360. The van der Waals surface area contributed by atoms with Gasteiger partial charge in [0.15, 0.2) is 0 Å². The van der Waals surface area contributed by atoms with E-state index in [4.69, 9.17) is 9.47 Å². The Morgan fingerprint density at radius 2 is 1.86 bits per heavy atom. The number of aliphatic hydroxyl groups is 1. The lowest BCUT2D eigenvalue weighted by molar-refractivity contribution is -0.132. The van der Waals surface area contributed by atoms with Gasteiger partial charge in [-0.15, -0.1) is 0 Å². The second-order valence-corrected chi connectivity index (χ2v) is 9.70. The number of benzene rings is 3. The number of ether oxygens (including phenoxy) is 2. The van der Waals surface area contributed by atoms with Crippen LogP contribution < -0.4 is 14.4 Å². The third kappa shape index (κ3) is 4.35. The summed E-state index contributed by atoms with van der Waals surface area (Å²) in [4.78, 5) is 28.3. The van der Waals surface area contributed by atoms with Gasteiger partial charge in [0.1, 0.15) is 17.3 Å². The molecule has 1 N–H and O–H groups in total. The highest BCUT2D eigenvalue weighted by atomic mass is 16.5. The first kappa shape index (κ1) is 23.7. The van der Waals surface area contributed by atoms with Crippen LogP contribution in [0.1, 0.15) is 42.1 Å². The van der Waals surface area contributed by atoms with E-state index in [1.54, 1.807) is 12.1 Å². The first-order valence-corrected chi connectivity index (χ1v) is 12.2. The molecule has 1 saturated heterocycles. The number of nitrogens with zero attached hydrogens (tertiary/aromatic N) is 1. The first-order chi connectivity index (χ1) is 17.3. The van der Waals surface area contributed by atoms with Gasteiger partial charge in [0.25, 0.3) is 11.7 Å². The van der Waals surface area contributed by atoms with Crippen molar-refractivity contribution in [1.29, 1.82) is 0 Å². The fraction of sp³-hybridized carbons (Fsp3) is 0.267. The standard InChI is InChI=1S/C30H29NO5/c1-18(2)17-36-24-6-4-5-21(16-24)27-26(28(32)22-9-12-25-20(15-22)13-14-35-25)29(33)30(34)31(27)23-10-7-19(3)8-11-23/h4-12,15-16,18,27,32H,13-14,17H2,1-3H3/b28-26-. The Morgan fingerprint density at radius 3 is 2.61 bits per heavy atom. The van der Waals surface area contributed by atoms with E-state index < -0.39 is 17.7 Å². The lowest BCUT2D eigenvalue weighted by Crippen LogP contribution is -2.29. The number of ketones is 1. The first-order valence-electron chi connectivity index (χ1n) is 12.2. The Hall–Kier alpha value is -4.06. The molecule has 3 aromatic rings. The Kier molecular flexibility index (Phi) is 6.27. The van der Waals surface area contributed by atoms with Crippen molar-refractivity contribution in [3.05, 3.63) is 94.6 Å². The third-order valence-corrected chi connectivity index (χ3v) is 6.48. The summed E-state index contributed by atoms with van der Waals surface area (Å²) in [6.07, 6.45) is 0.729. The van der Waals surface area contributed by atoms with Crippen LogP contribution in [-0.4, -0.2) is 30.0 Å². The van der Waals surface area contributed by atoms with Crippen molar-refractivity contribution in [1.82, 2.24) is 0 Å². The van der Waals surface area contributed by atoms with Crippen molar-refractivity contribution < 1.29 is 24.2 Å². The van der Waals surface area contributed by atoms with Gasteiger partial charge in [0.2, 0.25) is 0 Å². The maximum absolute atomic E-state index is 13.4. The summed E-state index contributed by atoms with van der Waals surface area (Å²) < 4.78 is 11.5. The molecule has 2 aliphatic rings. The van der Waals surface area contributed by atoms with Gasteiger partial charge in [-0.2, -0.15) is 0 Å². The Labute approximate surface area is 210 Å². The number of hydrogen-bond donors (Lipinski definition) is 1. The van der Waals surface area contributed by atoms with Gasteiger partial charge in [0.05, 0.1) is 24.8 Å². The number of fused-ring (bicyclic) bond motifs is 1. The largest absolute Gasteiger partial charge is 0.507 e. The SMILES string of the molecule is Cc1ccc(N2C(=O)C(=O)/C(=C(\O)c3ccc4c(c3)CCO4)C2c2cccc(OCC(C)C)c2)cc1. The normalized spacial score (nSPS) is 18.4. The van der Waals surface area contributed by atoms with E-state index in [9.17, 15) is 14.7 Å². The van der Waals surface area contributed by atoms with Crippen LogP contribution in [0.4, 0.5) is 5.69 Å². The highest BCUT2D eigenvalue weighted by Gasteiger charge is 2.47. The zero-order valence-corrected chi connectivity index (χ0v) is 20.7. The minimum absolute atomic E-state index is 0.0560. The van der Waals surface area contributed by atoms with Crippen LogP contribution >= 0.6 is 0 Å². The number of aliphatic hydroxyl groups excluding tert-OH is 1. The summed E-state index contributed by atoms with van der Waals surface area (Å²) in [5.41, 5.74) is 3.81. The molecule has 6 heteroatoms. The van der Waals surface area contributed by atoms with Crippen molar-refractivity contribution in [3.63, 3.8) is 0 Å². The third-order valence-electron chi connectivity index (χ3n) is 6.48. The van der Waals surface area contributed by atoms with Gasteiger partial charge >= 0.3 is 0 Å². The molecular weight excluding hydrogens is 454 g/mol. The van der Waals surface area contributed by atoms with Crippen LogP contribution in [0.25, 0.3) is 5.76 Å². The van der Waals surface area contributed by atoms with Crippen LogP contribution in [0.2, 0.25) is 0 Å². The molecule has 0 radical (unpaired) electrons. The number of carbonyl (C=O) groups is 2. The molecule has 1 unspecified atom stereocenters. The average Bonchev–Trinajstić information content (AvgIpc) is 3.45. The van der Waals surface area contributed by atoms with Gasteiger partial charge in [0, 0.05) is 17.7 Å². The average molecular weight is 484 g/mol. The van der Waals surface area contributed by atoms with Crippen molar-refractivity contribution in [2.75, 3.05) is 18.1 Å². The second kappa shape index (κ2) is 9.53. The van der Waals surface area contributed by atoms with Crippen molar-refractivity contribution >= 4 is 23.1 Å². The van der Waals surface area contributed by atoms with Crippen molar-refractivity contribution in [2.24, 2.45) is 5.92 Å². The Morgan fingerprint density at radius 1 is 1.08 bits per heavy atom. The van der Waals surface area contributed by atoms with Crippen molar-refractivity contribution in [2.45, 2.75) is 33.2 Å². The number of carbonyl (C=O) groups excluding carboxylic acids is 2. The van der Waals surface area contributed by atoms with Crippen LogP contribution in [0, 0.1) is 12.8 Å². The molecule has 5 rings (SSSR count). The molecule has 1 atom stereocenters. The van der Waals surface area contributed by atoms with Gasteiger partial charge in [-0.1, -0.05) is 43.7 Å². The summed E-state index contributed by atoms with van der Waals surface area (Å²) in [6, 6.07) is 19.4. The molecule has 1 fully saturated rings. The molecule has 6 nitrogen and oxygen atoms in total. The smallest absolute Gasteiger partial charge is 0.300 e. The summed E-state index contributed by atoms with van der Waals surface area (Å²) in [6.45, 7) is 7.22. The van der Waals surface area contributed by atoms with Gasteiger partial charge in [-0.05, 0) is 66.4 Å². The molecule has 0 bridgehead atoms. The number of rotatable bonds is 6. The summed E-state index contributed by atoms with van der Waals surface area (Å²) >= 11 is 0. The fourth-order valence-electron chi connectivity index (χ4n) is 4.65. The molecule has 0 aromatic heterocycles. The molecule has 0 spiro atoms. The lowest BCUT2D eigenvalue weighted by atomic mass is 9.94. The number of hydrogen-bond acceptors (Lipinski definition) is 5. The molecule has 184 valence electrons. The maximum atomic E-state index is 13.4. The minimum atomic E-state index is -0.806. The summed E-state index contributed by atoms with van der Waals surface area (Å²) in [5, 5.41) is 11.4. The van der Waals surface area contributed by atoms with Gasteiger partial charge < -0.3 is 14.6 Å². The second-order valence-electron chi connectivity index (χ2n) is 9.70. The predicted molar refractivity (Wildman–Crippen MR) is 138 cm³/mol. The zero-order valence-electron chi connectivity index (χ0n) is 20.7. The van der Waals surface area contributed by atoms with E-state index in [0.717, 1.165) is 23.3 Å². The molecule has 0 aliphatic carbocycles. The topological polar surface area (TPSA) is 76.1 Å². The maximum Gasteiger partial charge on any atom is 0.300 e. The molecule has 36 heavy (non-hydrogen) atoms. The highest BCUT2D eigenvalue weighted by Crippen LogP contribution is 2.43. The quantitative estimate of drug-likeness (QED) is 0.281. The van der Waals surface area contributed by atoms with Crippen LogP contribution in [0.5, 0.6) is 11.5 Å². The molecule has 3 aromatic carbocycles. The van der Waals surface area contributed by atoms with E-state index in [2.05, 4.69) is 13.8 Å². The van der Waals surface area contributed by atoms with Crippen LogP contribution in [-0.2, 0) is 16.0 Å². The highest BCUT2D eigenvalue weighted by molar-refractivity contribution is 6.51. The molecule has 2 heterocycles. The summed E-state index contributed by atoms with van der Waals surface area (Å²) in [5.74, 6) is 0.169. The van der Waals surface area contributed by atoms with E-state index in [-0.39, 0.29) is 11.3 Å². The molecule has 1 amide bonds. The minimum Gasteiger partial charge on any atom is -0.507 e. The Balaban J connectivity index is 1.66. The molecular formula is C30H29NO5. The van der Waals surface area contributed by atoms with E-state index in [1.807, 2.05) is 61.5 Å². The molecule has 2 aliphatic heterocycles. The van der Waals surface area contributed by atoms with Crippen LogP contribution in [0.15, 0.2) is 72.3 Å². The number of anilines is 1. The predicted octanol–water partition coefficient (Wildman–Crippen LogP) is 5.59. The number of aryl methyl sites for hydroxylation is 1. The summed E-state index contributed by atoms with van der Waals surface area (Å²) in [7, 11) is 0. The number of Topliss-reactive ketones (excluding diaryl/α,β-unsaturated/α-hetero) is 1. The lowest BCUT2D eigenvalue weighted by Gasteiger charge is -2.26. The van der Waals surface area contributed by atoms with Gasteiger partial charge in [-0.3, -0.25) is 14.5 Å². The monoisotopic (exact) mass is 483 g/mol. The van der Waals surface area contributed by atoms with E-state index in [1.165, 1.54) is 4.90 Å². The fourth-order valence-corrected chi connectivity index (χ4v) is 4.65. The van der Waals surface area contributed by atoms with E-state index >= 15 is 0 Å². The van der Waals surface area contributed by atoms with Crippen molar-refractivity contribution in [3.8, 4) is 11.5 Å². The van der Waals surface area contributed by atoms with Crippen LogP contribution in [0.3, 0.4) is 0 Å². The van der Waals surface area contributed by atoms with Gasteiger partial charge in [-0.25, -0.2) is 0 Å². The van der Waals surface area contributed by atoms with E-state index in [0.29, 0.717) is 41.7 Å².